The molecule has 2 aliphatic heterocycles. The van der Waals surface area contributed by atoms with Crippen molar-refractivity contribution in [2.24, 2.45) is 0 Å². The summed E-state index contributed by atoms with van der Waals surface area (Å²) in [5.74, 6) is 0.588. The fraction of sp³-hybridized carbons (Fsp3) is 0.611. The monoisotopic (exact) mass is 378 g/mol. The number of fused-ring (bicyclic) bond motifs is 1. The summed E-state index contributed by atoms with van der Waals surface area (Å²) in [5.41, 5.74) is 2.29. The molecular formula is C18H26N4O3S. The first-order valence-electron chi connectivity index (χ1n) is 8.87. The normalized spacial score (nSPS) is 25.0. The van der Waals surface area contributed by atoms with Crippen molar-refractivity contribution in [2.75, 3.05) is 31.1 Å². The maximum atomic E-state index is 13.1. The van der Waals surface area contributed by atoms with Gasteiger partial charge in [0.2, 0.25) is 0 Å². The van der Waals surface area contributed by atoms with Gasteiger partial charge < -0.3 is 4.90 Å². The van der Waals surface area contributed by atoms with Gasteiger partial charge in [0.1, 0.15) is 5.82 Å². The molecule has 0 N–H and O–H groups in total. The van der Waals surface area contributed by atoms with Crippen LogP contribution in [0.15, 0.2) is 17.8 Å². The van der Waals surface area contributed by atoms with Crippen LogP contribution in [0.3, 0.4) is 0 Å². The van der Waals surface area contributed by atoms with E-state index in [1.807, 2.05) is 13.8 Å². The summed E-state index contributed by atoms with van der Waals surface area (Å²) in [5, 5.41) is 0. The first-order chi connectivity index (χ1) is 12.2. The molecular weight excluding hydrogens is 352 g/mol. The van der Waals surface area contributed by atoms with E-state index in [0.717, 1.165) is 0 Å². The Morgan fingerprint density at radius 2 is 1.92 bits per heavy atom. The van der Waals surface area contributed by atoms with Crippen molar-refractivity contribution in [1.29, 1.82) is 0 Å². The van der Waals surface area contributed by atoms with E-state index in [9.17, 15) is 13.2 Å². The van der Waals surface area contributed by atoms with Gasteiger partial charge in [-0.1, -0.05) is 11.6 Å². The maximum Gasteiger partial charge on any atom is 0.257 e. The zero-order valence-corrected chi connectivity index (χ0v) is 16.6. The van der Waals surface area contributed by atoms with Gasteiger partial charge in [0, 0.05) is 31.9 Å². The zero-order chi connectivity index (χ0) is 19.1. The lowest BCUT2D eigenvalue weighted by Crippen LogP contribution is -2.60. The van der Waals surface area contributed by atoms with Crippen LogP contribution in [0.4, 0.5) is 0 Å². The van der Waals surface area contributed by atoms with Crippen molar-refractivity contribution in [3.63, 3.8) is 0 Å². The largest absolute Gasteiger partial charge is 0.332 e. The number of hydrogen-bond acceptors (Lipinski definition) is 6. The van der Waals surface area contributed by atoms with Crippen molar-refractivity contribution in [2.45, 2.75) is 39.8 Å². The average Bonchev–Trinajstić information content (AvgIpc) is 2.87. The first kappa shape index (κ1) is 19.0. The molecule has 0 saturated carbocycles. The SMILES string of the molecule is CC(C)=CCN1CCN(C(=O)c2cnc(C)nc2C)[C@@H]2CS(=O)(=O)C[C@@H]21. The topological polar surface area (TPSA) is 83.5 Å². The van der Waals surface area contributed by atoms with Gasteiger partial charge >= 0.3 is 0 Å². The van der Waals surface area contributed by atoms with Crippen LogP contribution in [0.2, 0.25) is 0 Å². The smallest absolute Gasteiger partial charge is 0.257 e. The second-order valence-electron chi connectivity index (χ2n) is 7.40. The minimum Gasteiger partial charge on any atom is -0.332 e. The van der Waals surface area contributed by atoms with Crippen LogP contribution in [-0.2, 0) is 9.84 Å². The Labute approximate surface area is 155 Å². The molecule has 142 valence electrons. The fourth-order valence-corrected chi connectivity index (χ4v) is 5.76. The average molecular weight is 378 g/mol. The molecule has 3 heterocycles. The molecule has 2 saturated heterocycles. The molecule has 8 heteroatoms. The first-order valence-corrected chi connectivity index (χ1v) is 10.7. The van der Waals surface area contributed by atoms with Crippen molar-refractivity contribution in [3.8, 4) is 0 Å². The third-order valence-corrected chi connectivity index (χ3v) is 6.81. The zero-order valence-electron chi connectivity index (χ0n) is 15.8. The van der Waals surface area contributed by atoms with Gasteiger partial charge in [-0.05, 0) is 27.7 Å². The summed E-state index contributed by atoms with van der Waals surface area (Å²) in [7, 11) is -3.15. The molecule has 1 aromatic heterocycles. The number of nitrogens with zero attached hydrogens (tertiary/aromatic N) is 4. The van der Waals surface area contributed by atoms with E-state index in [4.69, 9.17) is 0 Å². The van der Waals surface area contributed by atoms with Gasteiger partial charge in [0.05, 0.1) is 28.8 Å². The summed E-state index contributed by atoms with van der Waals surface area (Å²) >= 11 is 0. The molecule has 2 atom stereocenters. The Morgan fingerprint density at radius 3 is 2.58 bits per heavy atom. The Hall–Kier alpha value is -1.80. The van der Waals surface area contributed by atoms with Crippen molar-refractivity contribution in [1.82, 2.24) is 19.8 Å². The number of carbonyl (C=O) groups is 1. The Balaban J connectivity index is 1.88. The number of carbonyl (C=O) groups excluding carboxylic acids is 1. The quantitative estimate of drug-likeness (QED) is 0.729. The Morgan fingerprint density at radius 1 is 1.23 bits per heavy atom. The standard InChI is InChI=1S/C18H26N4O3S/c1-12(2)5-6-21-7-8-22(17-11-26(24,25)10-16(17)21)18(23)15-9-19-14(4)20-13(15)3/h5,9,16-17H,6-8,10-11H2,1-4H3/t16-,17+/m0/s1. The van der Waals surface area contributed by atoms with E-state index < -0.39 is 9.84 Å². The number of hydrogen-bond donors (Lipinski definition) is 0. The highest BCUT2D eigenvalue weighted by molar-refractivity contribution is 7.91. The minimum atomic E-state index is -3.15. The van der Waals surface area contributed by atoms with E-state index in [-0.39, 0.29) is 29.5 Å². The number of rotatable bonds is 3. The molecule has 3 rings (SSSR count). The molecule has 1 amide bonds. The number of sulfone groups is 1. The molecule has 2 fully saturated rings. The third-order valence-electron chi connectivity index (χ3n) is 5.12. The van der Waals surface area contributed by atoms with Gasteiger partial charge in [-0.2, -0.15) is 0 Å². The predicted molar refractivity (Wildman–Crippen MR) is 99.8 cm³/mol. The second-order valence-corrected chi connectivity index (χ2v) is 9.56. The number of aromatic nitrogens is 2. The lowest BCUT2D eigenvalue weighted by molar-refractivity contribution is 0.0366. The van der Waals surface area contributed by atoms with Crippen molar-refractivity contribution < 1.29 is 13.2 Å². The molecule has 0 radical (unpaired) electrons. The lowest BCUT2D eigenvalue weighted by atomic mass is 10.0. The van der Waals surface area contributed by atoms with Crippen LogP contribution >= 0.6 is 0 Å². The third kappa shape index (κ3) is 3.81. The van der Waals surface area contributed by atoms with Gasteiger partial charge in [0.25, 0.3) is 5.91 Å². The van der Waals surface area contributed by atoms with E-state index in [0.29, 0.717) is 36.7 Å². The summed E-state index contributed by atoms with van der Waals surface area (Å²) < 4.78 is 24.6. The molecule has 0 unspecified atom stereocenters. The highest BCUT2D eigenvalue weighted by Gasteiger charge is 2.48. The lowest BCUT2D eigenvalue weighted by Gasteiger charge is -2.43. The molecule has 7 nitrogen and oxygen atoms in total. The van der Waals surface area contributed by atoms with Crippen LogP contribution in [-0.4, -0.2) is 77.3 Å². The molecule has 2 aliphatic rings. The van der Waals surface area contributed by atoms with Crippen LogP contribution < -0.4 is 0 Å². The van der Waals surface area contributed by atoms with Crippen molar-refractivity contribution >= 4 is 15.7 Å². The van der Waals surface area contributed by atoms with Crippen LogP contribution in [0.25, 0.3) is 0 Å². The number of aryl methyl sites for hydroxylation is 2. The predicted octanol–water partition coefficient (Wildman–Crippen LogP) is 0.983. The van der Waals surface area contributed by atoms with Crippen molar-refractivity contribution in [3.05, 3.63) is 34.9 Å². The van der Waals surface area contributed by atoms with Gasteiger partial charge in [0.15, 0.2) is 9.84 Å². The van der Waals surface area contributed by atoms with Gasteiger partial charge in [-0.25, -0.2) is 18.4 Å². The molecule has 1 aromatic rings. The number of amides is 1. The highest BCUT2D eigenvalue weighted by Crippen LogP contribution is 2.28. The molecule has 0 spiro atoms. The highest BCUT2D eigenvalue weighted by atomic mass is 32.2. The van der Waals surface area contributed by atoms with Gasteiger partial charge in [-0.15, -0.1) is 0 Å². The number of allylic oxidation sites excluding steroid dienone is 1. The second kappa shape index (κ2) is 7.08. The summed E-state index contributed by atoms with van der Waals surface area (Å²) in [6.07, 6.45) is 3.66. The summed E-state index contributed by atoms with van der Waals surface area (Å²) in [6.45, 7) is 9.52. The van der Waals surface area contributed by atoms with E-state index in [2.05, 4.69) is 20.9 Å². The fourth-order valence-electron chi connectivity index (χ4n) is 3.75. The van der Waals surface area contributed by atoms with Crippen LogP contribution in [0.1, 0.15) is 35.7 Å². The van der Waals surface area contributed by atoms with Crippen LogP contribution in [0, 0.1) is 13.8 Å². The molecule has 0 bridgehead atoms. The van der Waals surface area contributed by atoms with E-state index in [1.165, 1.54) is 5.57 Å². The summed E-state index contributed by atoms with van der Waals surface area (Å²) in [4.78, 5) is 25.4. The van der Waals surface area contributed by atoms with Crippen LogP contribution in [0.5, 0.6) is 0 Å². The Kier molecular flexibility index (Phi) is 5.16. The maximum absolute atomic E-state index is 13.1. The molecule has 0 aromatic carbocycles. The molecule has 0 aliphatic carbocycles. The Bertz CT molecular complexity index is 846. The van der Waals surface area contributed by atoms with Gasteiger partial charge in [-0.3, -0.25) is 9.69 Å². The van der Waals surface area contributed by atoms with E-state index in [1.54, 1.807) is 24.9 Å². The minimum absolute atomic E-state index is 0.0283. The molecule has 26 heavy (non-hydrogen) atoms. The summed E-state index contributed by atoms with van der Waals surface area (Å²) in [6, 6.07) is -0.465. The number of piperazine rings is 1. The van der Waals surface area contributed by atoms with E-state index >= 15 is 0 Å².